The first-order valence-corrected chi connectivity index (χ1v) is 6.56. The average molecular weight is 279 g/mol. The first-order valence-electron chi connectivity index (χ1n) is 6.56. The molecule has 0 atom stereocenters. The van der Waals surface area contributed by atoms with Crippen LogP contribution in [0.5, 0.6) is 0 Å². The van der Waals surface area contributed by atoms with E-state index in [0.717, 1.165) is 11.3 Å². The van der Waals surface area contributed by atoms with Crippen LogP contribution in [0, 0.1) is 0 Å². The lowest BCUT2D eigenvalue weighted by Crippen LogP contribution is -1.87. The monoisotopic (exact) mass is 279 g/mol. The van der Waals surface area contributed by atoms with Crippen LogP contribution in [0.25, 0.3) is 22.4 Å². The largest absolute Gasteiger partial charge is 0.372 e. The van der Waals surface area contributed by atoms with Gasteiger partial charge in [0.25, 0.3) is 0 Å². The number of benzene rings is 2. The maximum atomic E-state index is 8.58. The first kappa shape index (κ1) is 14.5. The molecule has 0 aliphatic heterocycles. The lowest BCUT2D eigenvalue weighted by atomic mass is 10.0. The molecule has 0 radical (unpaired) electrons. The predicted molar refractivity (Wildman–Crippen MR) is 84.3 cm³/mol. The molecule has 0 aliphatic rings. The van der Waals surface area contributed by atoms with Crippen molar-refractivity contribution < 1.29 is 4.79 Å². The zero-order chi connectivity index (χ0) is 15.1. The topological polar surface area (TPSA) is 60.9 Å². The number of nitrogens with zero attached hydrogens (tertiary/aromatic N) is 2. The van der Waals surface area contributed by atoms with Gasteiger partial charge in [-0.2, -0.15) is 5.10 Å². The van der Waals surface area contributed by atoms with Crippen molar-refractivity contribution in [2.45, 2.75) is 0 Å². The molecule has 3 rings (SSSR count). The summed E-state index contributed by atoms with van der Waals surface area (Å²) < 4.78 is 1.87. The Morgan fingerprint density at radius 2 is 1.43 bits per heavy atom. The van der Waals surface area contributed by atoms with E-state index in [-0.39, 0.29) is 6.41 Å². The fraction of sp³-hybridized carbons (Fsp3) is 0.0588. The SMILES string of the molecule is Cn1cc(-c2ccccc2)c(-c2ccccc2)n1.NC=O. The van der Waals surface area contributed by atoms with Crippen LogP contribution in [0.2, 0.25) is 0 Å². The minimum atomic E-state index is 0.250. The van der Waals surface area contributed by atoms with Crippen molar-refractivity contribution in [1.29, 1.82) is 0 Å². The molecule has 2 N–H and O–H groups in total. The molecule has 0 fully saturated rings. The Morgan fingerprint density at radius 1 is 0.952 bits per heavy atom. The molecule has 4 nitrogen and oxygen atoms in total. The molecule has 106 valence electrons. The third-order valence-electron chi connectivity index (χ3n) is 2.96. The summed E-state index contributed by atoms with van der Waals surface area (Å²) in [6.45, 7) is 0. The van der Waals surface area contributed by atoms with Gasteiger partial charge in [0.05, 0.1) is 0 Å². The predicted octanol–water partition coefficient (Wildman–Crippen LogP) is 2.86. The number of rotatable bonds is 2. The number of carbonyl (C=O) groups is 1. The van der Waals surface area contributed by atoms with Crippen LogP contribution in [-0.4, -0.2) is 16.2 Å². The second-order valence-corrected chi connectivity index (χ2v) is 4.43. The van der Waals surface area contributed by atoms with Gasteiger partial charge in [-0.15, -0.1) is 0 Å². The zero-order valence-corrected chi connectivity index (χ0v) is 11.8. The summed E-state index contributed by atoms with van der Waals surface area (Å²) in [7, 11) is 1.96. The van der Waals surface area contributed by atoms with Crippen LogP contribution in [0.4, 0.5) is 0 Å². The Labute approximate surface area is 123 Å². The summed E-state index contributed by atoms with van der Waals surface area (Å²) in [4.78, 5) is 8.58. The van der Waals surface area contributed by atoms with Crippen molar-refractivity contribution in [2.24, 2.45) is 12.8 Å². The molecule has 3 aromatic rings. The second kappa shape index (κ2) is 7.05. The van der Waals surface area contributed by atoms with Gasteiger partial charge in [0.2, 0.25) is 6.41 Å². The van der Waals surface area contributed by atoms with Crippen molar-refractivity contribution in [3.63, 3.8) is 0 Å². The summed E-state index contributed by atoms with van der Waals surface area (Å²) in [6.07, 6.45) is 2.32. The number of hydrogen-bond acceptors (Lipinski definition) is 2. The third kappa shape index (κ3) is 3.57. The van der Waals surface area contributed by atoms with Crippen molar-refractivity contribution >= 4 is 6.41 Å². The van der Waals surface area contributed by atoms with Crippen LogP contribution in [0.15, 0.2) is 66.9 Å². The summed E-state index contributed by atoms with van der Waals surface area (Å²) in [5.74, 6) is 0. The minimum absolute atomic E-state index is 0.250. The number of primary amides is 1. The maximum absolute atomic E-state index is 8.58. The molecule has 1 aromatic heterocycles. The van der Waals surface area contributed by atoms with E-state index in [0.29, 0.717) is 0 Å². The van der Waals surface area contributed by atoms with E-state index in [1.807, 2.05) is 36.0 Å². The highest BCUT2D eigenvalue weighted by atomic mass is 16.1. The van der Waals surface area contributed by atoms with Crippen LogP contribution in [0.3, 0.4) is 0 Å². The lowest BCUT2D eigenvalue weighted by Gasteiger charge is -2.02. The summed E-state index contributed by atoms with van der Waals surface area (Å²) >= 11 is 0. The van der Waals surface area contributed by atoms with Crippen molar-refractivity contribution in [2.75, 3.05) is 0 Å². The second-order valence-electron chi connectivity index (χ2n) is 4.43. The standard InChI is InChI=1S/C16H14N2.CH3NO/c1-18-12-15(13-8-4-2-5-9-13)16(17-18)14-10-6-3-7-11-14;2-1-3/h2-12H,1H3;1H,(H2,2,3). The number of amides is 1. The molecule has 0 bridgehead atoms. The molecule has 21 heavy (non-hydrogen) atoms. The molecule has 0 unspecified atom stereocenters. The van der Waals surface area contributed by atoms with Crippen molar-refractivity contribution in [3.05, 3.63) is 66.9 Å². The van der Waals surface area contributed by atoms with Gasteiger partial charge in [-0.1, -0.05) is 60.7 Å². The van der Waals surface area contributed by atoms with Gasteiger partial charge in [-0.3, -0.25) is 9.48 Å². The van der Waals surface area contributed by atoms with Gasteiger partial charge >= 0.3 is 0 Å². The quantitative estimate of drug-likeness (QED) is 0.733. The zero-order valence-electron chi connectivity index (χ0n) is 11.8. The van der Waals surface area contributed by atoms with E-state index in [4.69, 9.17) is 4.79 Å². The Hall–Kier alpha value is -2.88. The van der Waals surface area contributed by atoms with Crippen LogP contribution < -0.4 is 5.73 Å². The number of hydrogen-bond donors (Lipinski definition) is 1. The van der Waals surface area contributed by atoms with E-state index in [2.05, 4.69) is 53.4 Å². The van der Waals surface area contributed by atoms with Gasteiger partial charge < -0.3 is 5.73 Å². The molecular weight excluding hydrogens is 262 g/mol. The summed E-state index contributed by atoms with van der Waals surface area (Å²) in [6, 6.07) is 20.7. The van der Waals surface area contributed by atoms with E-state index >= 15 is 0 Å². The highest BCUT2D eigenvalue weighted by Crippen LogP contribution is 2.30. The molecule has 0 aliphatic carbocycles. The van der Waals surface area contributed by atoms with Crippen molar-refractivity contribution in [3.8, 4) is 22.4 Å². The highest BCUT2D eigenvalue weighted by molar-refractivity contribution is 5.80. The Balaban J connectivity index is 0.000000497. The number of aryl methyl sites for hydroxylation is 1. The molecule has 1 heterocycles. The molecule has 0 saturated carbocycles. The molecule has 1 amide bonds. The van der Waals surface area contributed by atoms with Crippen LogP contribution >= 0.6 is 0 Å². The fourth-order valence-corrected chi connectivity index (χ4v) is 2.13. The average Bonchev–Trinajstić information content (AvgIpc) is 2.92. The van der Waals surface area contributed by atoms with Gasteiger partial charge in [-0.05, 0) is 5.56 Å². The van der Waals surface area contributed by atoms with Crippen molar-refractivity contribution in [1.82, 2.24) is 9.78 Å². The van der Waals surface area contributed by atoms with Gasteiger partial charge in [0.1, 0.15) is 5.69 Å². The van der Waals surface area contributed by atoms with E-state index < -0.39 is 0 Å². The molecule has 0 spiro atoms. The molecule has 0 saturated heterocycles. The smallest absolute Gasteiger partial charge is 0.204 e. The summed E-state index contributed by atoms with van der Waals surface area (Å²) in [5.41, 5.74) is 8.72. The molecule has 4 heteroatoms. The van der Waals surface area contributed by atoms with E-state index in [1.54, 1.807) is 0 Å². The Kier molecular flexibility index (Phi) is 4.88. The highest BCUT2D eigenvalue weighted by Gasteiger charge is 2.10. The summed E-state index contributed by atoms with van der Waals surface area (Å²) in [5, 5.41) is 4.57. The number of carbonyl (C=O) groups excluding carboxylic acids is 1. The van der Waals surface area contributed by atoms with Gasteiger partial charge in [0, 0.05) is 24.4 Å². The number of nitrogens with two attached hydrogens (primary N) is 1. The maximum Gasteiger partial charge on any atom is 0.204 e. The van der Waals surface area contributed by atoms with E-state index in [1.165, 1.54) is 11.1 Å². The fourth-order valence-electron chi connectivity index (χ4n) is 2.13. The normalized spacial score (nSPS) is 9.57. The minimum Gasteiger partial charge on any atom is -0.372 e. The third-order valence-corrected chi connectivity index (χ3v) is 2.96. The van der Waals surface area contributed by atoms with E-state index in [9.17, 15) is 0 Å². The van der Waals surface area contributed by atoms with Gasteiger partial charge in [0.15, 0.2) is 0 Å². The van der Waals surface area contributed by atoms with Crippen LogP contribution in [0.1, 0.15) is 0 Å². The molecular formula is C17H17N3O. The Morgan fingerprint density at radius 3 is 1.95 bits per heavy atom. The molecule has 2 aromatic carbocycles. The van der Waals surface area contributed by atoms with Gasteiger partial charge in [-0.25, -0.2) is 0 Å². The van der Waals surface area contributed by atoms with Crippen LogP contribution in [-0.2, 0) is 11.8 Å². The number of aromatic nitrogens is 2. The lowest BCUT2D eigenvalue weighted by molar-refractivity contribution is -0.106. The Bertz CT molecular complexity index is 634. The first-order chi connectivity index (χ1) is 10.3.